The van der Waals surface area contributed by atoms with Crippen LogP contribution in [0.5, 0.6) is 5.75 Å². The molecule has 2 rings (SSSR count). The number of ether oxygens (including phenoxy) is 1. The third-order valence-corrected chi connectivity index (χ3v) is 2.88. The lowest BCUT2D eigenvalue weighted by molar-refractivity contribution is -0.0229. The van der Waals surface area contributed by atoms with E-state index in [4.69, 9.17) is 16.3 Å². The molecule has 1 atom stereocenters. The maximum absolute atomic E-state index is 9.81. The molecule has 76 valence electrons. The molecule has 2 nitrogen and oxygen atoms in total. The summed E-state index contributed by atoms with van der Waals surface area (Å²) in [6.07, 6.45) is 0.482. The molecule has 14 heavy (non-hydrogen) atoms. The Kier molecular flexibility index (Phi) is 2.20. The van der Waals surface area contributed by atoms with E-state index in [1.54, 1.807) is 13.8 Å². The first kappa shape index (κ1) is 9.81. The molecule has 1 N–H and O–H groups in total. The molecule has 1 aromatic rings. The molecule has 1 aromatic carbocycles. The maximum Gasteiger partial charge on any atom is 0.131 e. The van der Waals surface area contributed by atoms with Crippen molar-refractivity contribution in [3.05, 3.63) is 28.8 Å². The molecule has 0 saturated heterocycles. The van der Waals surface area contributed by atoms with Crippen LogP contribution in [0, 0.1) is 0 Å². The van der Waals surface area contributed by atoms with Crippen molar-refractivity contribution in [3.63, 3.8) is 0 Å². The summed E-state index contributed by atoms with van der Waals surface area (Å²) >= 11 is 6.02. The van der Waals surface area contributed by atoms with Gasteiger partial charge in [-0.25, -0.2) is 0 Å². The minimum Gasteiger partial charge on any atom is -0.487 e. The van der Waals surface area contributed by atoms with E-state index < -0.39 is 5.60 Å². The van der Waals surface area contributed by atoms with Crippen molar-refractivity contribution in [2.45, 2.75) is 32.0 Å². The monoisotopic (exact) mass is 212 g/mol. The van der Waals surface area contributed by atoms with Gasteiger partial charge in [-0.3, -0.25) is 0 Å². The van der Waals surface area contributed by atoms with Crippen LogP contribution in [-0.2, 0) is 6.42 Å². The predicted octanol–water partition coefficient (Wildman–Crippen LogP) is 2.41. The summed E-state index contributed by atoms with van der Waals surface area (Å²) in [6.45, 7) is 3.49. The van der Waals surface area contributed by atoms with Gasteiger partial charge in [0.15, 0.2) is 0 Å². The average molecular weight is 213 g/mol. The van der Waals surface area contributed by atoms with Crippen molar-refractivity contribution < 1.29 is 9.84 Å². The largest absolute Gasteiger partial charge is 0.487 e. The first-order valence-corrected chi connectivity index (χ1v) is 5.02. The lowest BCUT2D eigenvalue weighted by atomic mass is 9.97. The highest BCUT2D eigenvalue weighted by molar-refractivity contribution is 6.31. The lowest BCUT2D eigenvalue weighted by Crippen LogP contribution is -2.39. The van der Waals surface area contributed by atoms with E-state index in [0.717, 1.165) is 11.3 Å². The molecule has 0 aliphatic carbocycles. The van der Waals surface area contributed by atoms with Gasteiger partial charge in [-0.15, -0.1) is 0 Å². The fraction of sp³-hybridized carbons (Fsp3) is 0.455. The van der Waals surface area contributed by atoms with Crippen LogP contribution in [0.1, 0.15) is 19.4 Å². The van der Waals surface area contributed by atoms with Crippen molar-refractivity contribution in [1.29, 1.82) is 0 Å². The van der Waals surface area contributed by atoms with Crippen molar-refractivity contribution >= 4 is 11.6 Å². The standard InChI is InChI=1S/C11H13ClO2/c1-11(2,13)10-6-7-8(12)4-3-5-9(7)14-10/h3-5,10,13H,6H2,1-2H3. The van der Waals surface area contributed by atoms with Gasteiger partial charge < -0.3 is 9.84 Å². The van der Waals surface area contributed by atoms with E-state index >= 15 is 0 Å². The second-order valence-electron chi connectivity index (χ2n) is 4.18. The Hall–Kier alpha value is -0.730. The molecular weight excluding hydrogens is 200 g/mol. The molecule has 1 heterocycles. The molecule has 0 radical (unpaired) electrons. The van der Waals surface area contributed by atoms with Crippen LogP contribution < -0.4 is 4.74 Å². The van der Waals surface area contributed by atoms with Crippen LogP contribution in [0.4, 0.5) is 0 Å². The first-order chi connectivity index (χ1) is 6.48. The lowest BCUT2D eigenvalue weighted by Gasteiger charge is -2.24. The number of benzene rings is 1. The molecule has 1 unspecified atom stereocenters. The van der Waals surface area contributed by atoms with E-state index in [1.165, 1.54) is 0 Å². The molecule has 0 saturated carbocycles. The van der Waals surface area contributed by atoms with Crippen LogP contribution in [0.25, 0.3) is 0 Å². The highest BCUT2D eigenvalue weighted by Gasteiger charge is 2.35. The maximum atomic E-state index is 9.81. The molecule has 1 aliphatic heterocycles. The fourth-order valence-electron chi connectivity index (χ4n) is 1.62. The Labute approximate surface area is 88.5 Å². The first-order valence-electron chi connectivity index (χ1n) is 4.65. The Morgan fingerprint density at radius 2 is 2.21 bits per heavy atom. The van der Waals surface area contributed by atoms with Crippen molar-refractivity contribution in [1.82, 2.24) is 0 Å². The summed E-state index contributed by atoms with van der Waals surface area (Å²) < 4.78 is 5.62. The highest BCUT2D eigenvalue weighted by atomic mass is 35.5. The van der Waals surface area contributed by atoms with E-state index in [9.17, 15) is 5.11 Å². The Bertz CT molecular complexity index is 355. The number of hydrogen-bond donors (Lipinski definition) is 1. The predicted molar refractivity (Wildman–Crippen MR) is 55.9 cm³/mol. The molecule has 1 aliphatic rings. The van der Waals surface area contributed by atoms with Crippen LogP contribution in [-0.4, -0.2) is 16.8 Å². The SMILES string of the molecule is CC(C)(O)C1Cc2c(Cl)cccc2O1. The minimum atomic E-state index is -0.831. The number of halogens is 1. The highest BCUT2D eigenvalue weighted by Crippen LogP contribution is 2.37. The third-order valence-electron chi connectivity index (χ3n) is 2.52. The Balaban J connectivity index is 2.31. The Morgan fingerprint density at radius 1 is 1.50 bits per heavy atom. The molecular formula is C11H13ClO2. The summed E-state index contributed by atoms with van der Waals surface area (Å²) in [5, 5.41) is 10.5. The molecule has 0 fully saturated rings. The van der Waals surface area contributed by atoms with E-state index in [1.807, 2.05) is 18.2 Å². The molecule has 0 bridgehead atoms. The quantitative estimate of drug-likeness (QED) is 0.775. The summed E-state index contributed by atoms with van der Waals surface area (Å²) in [5.41, 5.74) is 0.170. The van der Waals surface area contributed by atoms with E-state index in [0.29, 0.717) is 11.4 Å². The van der Waals surface area contributed by atoms with Crippen LogP contribution in [0.3, 0.4) is 0 Å². The fourth-order valence-corrected chi connectivity index (χ4v) is 1.86. The normalized spacial score (nSPS) is 20.4. The van der Waals surface area contributed by atoms with E-state index in [2.05, 4.69) is 0 Å². The molecule has 0 amide bonds. The third kappa shape index (κ3) is 1.60. The zero-order valence-corrected chi connectivity index (χ0v) is 9.01. The zero-order chi connectivity index (χ0) is 10.3. The molecule has 0 aromatic heterocycles. The second-order valence-corrected chi connectivity index (χ2v) is 4.59. The van der Waals surface area contributed by atoms with Crippen LogP contribution >= 0.6 is 11.6 Å². The zero-order valence-electron chi connectivity index (χ0n) is 8.25. The second kappa shape index (κ2) is 3.14. The van der Waals surface area contributed by atoms with Gasteiger partial charge in [-0.05, 0) is 26.0 Å². The van der Waals surface area contributed by atoms with Gasteiger partial charge in [0, 0.05) is 17.0 Å². The average Bonchev–Trinajstić information content (AvgIpc) is 2.48. The van der Waals surface area contributed by atoms with Gasteiger partial charge in [0.1, 0.15) is 11.9 Å². The van der Waals surface area contributed by atoms with Gasteiger partial charge in [0.25, 0.3) is 0 Å². The molecule has 0 spiro atoms. The summed E-state index contributed by atoms with van der Waals surface area (Å²) in [6, 6.07) is 5.58. The van der Waals surface area contributed by atoms with Crippen LogP contribution in [0.15, 0.2) is 18.2 Å². The minimum absolute atomic E-state index is 0.197. The van der Waals surface area contributed by atoms with Crippen molar-refractivity contribution in [2.24, 2.45) is 0 Å². The summed E-state index contributed by atoms with van der Waals surface area (Å²) in [5.74, 6) is 0.796. The molecule has 3 heteroatoms. The van der Waals surface area contributed by atoms with Gasteiger partial charge in [-0.2, -0.15) is 0 Å². The van der Waals surface area contributed by atoms with Gasteiger partial charge >= 0.3 is 0 Å². The van der Waals surface area contributed by atoms with Gasteiger partial charge in [0.05, 0.1) is 5.60 Å². The number of rotatable bonds is 1. The van der Waals surface area contributed by atoms with Gasteiger partial charge in [0.2, 0.25) is 0 Å². The number of hydrogen-bond acceptors (Lipinski definition) is 2. The number of fused-ring (bicyclic) bond motifs is 1. The topological polar surface area (TPSA) is 29.5 Å². The summed E-state index contributed by atoms with van der Waals surface area (Å²) in [4.78, 5) is 0. The number of aliphatic hydroxyl groups is 1. The Morgan fingerprint density at radius 3 is 2.79 bits per heavy atom. The summed E-state index contributed by atoms with van der Waals surface area (Å²) in [7, 11) is 0. The van der Waals surface area contributed by atoms with Crippen LogP contribution in [0.2, 0.25) is 5.02 Å². The van der Waals surface area contributed by atoms with Gasteiger partial charge in [-0.1, -0.05) is 17.7 Å². The smallest absolute Gasteiger partial charge is 0.131 e. The van der Waals surface area contributed by atoms with Crippen molar-refractivity contribution in [2.75, 3.05) is 0 Å². The van der Waals surface area contributed by atoms with Crippen molar-refractivity contribution in [3.8, 4) is 5.75 Å². The van der Waals surface area contributed by atoms with E-state index in [-0.39, 0.29) is 6.10 Å².